The van der Waals surface area contributed by atoms with Crippen LogP contribution in [0.25, 0.3) is 33.0 Å². The van der Waals surface area contributed by atoms with Gasteiger partial charge in [-0.15, -0.1) is 11.3 Å². The summed E-state index contributed by atoms with van der Waals surface area (Å²) in [5.41, 5.74) is 5.99. The predicted octanol–water partition coefficient (Wildman–Crippen LogP) is 4.06. The molecular formula is C20H18N6S. The second kappa shape index (κ2) is 5.99. The average molecular weight is 374 g/mol. The van der Waals surface area contributed by atoms with Crippen LogP contribution < -0.4 is 0 Å². The Labute approximate surface area is 160 Å². The molecule has 0 aliphatic carbocycles. The van der Waals surface area contributed by atoms with E-state index >= 15 is 0 Å². The van der Waals surface area contributed by atoms with Gasteiger partial charge < -0.3 is 4.57 Å². The minimum absolute atomic E-state index is 0.725. The van der Waals surface area contributed by atoms with Gasteiger partial charge in [0.1, 0.15) is 10.7 Å². The Morgan fingerprint density at radius 1 is 1.00 bits per heavy atom. The molecule has 0 spiro atoms. The van der Waals surface area contributed by atoms with Gasteiger partial charge in [-0.3, -0.25) is 4.68 Å². The second-order valence-electron chi connectivity index (χ2n) is 6.82. The minimum atomic E-state index is 0.725. The minimum Gasteiger partial charge on any atom is -0.345 e. The Kier molecular flexibility index (Phi) is 3.58. The molecule has 5 rings (SSSR count). The van der Waals surface area contributed by atoms with Crippen LogP contribution in [0.5, 0.6) is 0 Å². The van der Waals surface area contributed by atoms with Gasteiger partial charge >= 0.3 is 0 Å². The lowest BCUT2D eigenvalue weighted by Gasteiger charge is -2.05. The molecule has 0 unspecified atom stereocenters. The van der Waals surface area contributed by atoms with Crippen LogP contribution in [0.4, 0.5) is 0 Å². The predicted molar refractivity (Wildman–Crippen MR) is 107 cm³/mol. The molecule has 7 heteroatoms. The van der Waals surface area contributed by atoms with E-state index in [9.17, 15) is 0 Å². The van der Waals surface area contributed by atoms with Gasteiger partial charge in [0.2, 0.25) is 0 Å². The SMILES string of the molecule is Cc1ccc2sc(Cn3ccc4nc(-c5cn(C)nc5C)nc-4c3)nc2c1. The van der Waals surface area contributed by atoms with Gasteiger partial charge in [0.05, 0.1) is 33.7 Å². The largest absolute Gasteiger partial charge is 0.345 e. The molecule has 0 fully saturated rings. The Bertz CT molecular complexity index is 1240. The van der Waals surface area contributed by atoms with E-state index < -0.39 is 0 Å². The third-order valence-electron chi connectivity index (χ3n) is 4.59. The van der Waals surface area contributed by atoms with Gasteiger partial charge in [-0.2, -0.15) is 5.10 Å². The summed E-state index contributed by atoms with van der Waals surface area (Å²) in [5, 5.41) is 5.47. The fourth-order valence-electron chi connectivity index (χ4n) is 3.30. The Balaban J connectivity index is 1.49. The van der Waals surface area contributed by atoms with Crippen LogP contribution in [-0.4, -0.2) is 29.3 Å². The third-order valence-corrected chi connectivity index (χ3v) is 5.61. The summed E-state index contributed by atoms with van der Waals surface area (Å²) in [6, 6.07) is 8.42. The van der Waals surface area contributed by atoms with Crippen LogP contribution in [0.1, 0.15) is 16.3 Å². The summed E-state index contributed by atoms with van der Waals surface area (Å²) in [6.07, 6.45) is 6.03. The second-order valence-corrected chi connectivity index (χ2v) is 7.93. The molecule has 27 heavy (non-hydrogen) atoms. The molecule has 4 heterocycles. The van der Waals surface area contributed by atoms with Gasteiger partial charge in [-0.1, -0.05) is 6.07 Å². The van der Waals surface area contributed by atoms with Crippen molar-refractivity contribution in [2.24, 2.45) is 7.05 Å². The number of hydrogen-bond acceptors (Lipinski definition) is 5. The summed E-state index contributed by atoms with van der Waals surface area (Å²) < 4.78 is 5.13. The number of hydrogen-bond donors (Lipinski definition) is 0. The lowest BCUT2D eigenvalue weighted by atomic mass is 10.2. The molecule has 2 aliphatic rings. The molecule has 0 radical (unpaired) electrons. The highest BCUT2D eigenvalue weighted by Crippen LogP contribution is 2.27. The van der Waals surface area contributed by atoms with E-state index in [2.05, 4.69) is 39.8 Å². The first-order valence-electron chi connectivity index (χ1n) is 8.75. The van der Waals surface area contributed by atoms with E-state index in [4.69, 9.17) is 9.97 Å². The fraction of sp³-hybridized carbons (Fsp3) is 0.200. The maximum atomic E-state index is 4.77. The molecular weight excluding hydrogens is 356 g/mol. The van der Waals surface area contributed by atoms with Crippen molar-refractivity contribution in [3.05, 3.63) is 59.1 Å². The lowest BCUT2D eigenvalue weighted by molar-refractivity contribution is 0.756. The maximum Gasteiger partial charge on any atom is 0.164 e. The Morgan fingerprint density at radius 3 is 2.67 bits per heavy atom. The number of imidazole rings is 1. The number of thiazole rings is 1. The zero-order valence-corrected chi connectivity index (χ0v) is 16.2. The Morgan fingerprint density at radius 2 is 1.85 bits per heavy atom. The number of benzene rings is 1. The first kappa shape index (κ1) is 16.1. The van der Waals surface area contributed by atoms with Crippen molar-refractivity contribution in [3.8, 4) is 22.8 Å². The van der Waals surface area contributed by atoms with Crippen LogP contribution in [0.2, 0.25) is 0 Å². The fourth-order valence-corrected chi connectivity index (χ4v) is 4.26. The highest BCUT2D eigenvalue weighted by Gasteiger charge is 2.16. The van der Waals surface area contributed by atoms with Crippen molar-refractivity contribution in [2.45, 2.75) is 20.4 Å². The van der Waals surface area contributed by atoms with Gasteiger partial charge in [-0.25, -0.2) is 15.0 Å². The number of pyridine rings is 1. The van der Waals surface area contributed by atoms with Crippen LogP contribution >= 0.6 is 11.3 Å². The van der Waals surface area contributed by atoms with Crippen molar-refractivity contribution in [1.82, 2.24) is 29.3 Å². The number of aromatic nitrogens is 6. The van der Waals surface area contributed by atoms with Crippen molar-refractivity contribution in [2.75, 3.05) is 0 Å². The summed E-state index contributed by atoms with van der Waals surface area (Å²) in [6.45, 7) is 4.80. The van der Waals surface area contributed by atoms with E-state index in [1.54, 1.807) is 16.0 Å². The van der Waals surface area contributed by atoms with Gasteiger partial charge in [0.15, 0.2) is 5.82 Å². The molecule has 2 aliphatic heterocycles. The standard InChI is InChI=1S/C20H18N6S/c1-12-4-5-18-16(8-12)21-19(27-18)11-26-7-6-15-17(10-26)23-20(22-15)14-9-25(3)24-13(14)2/h4-10H,11H2,1-3H3. The number of nitrogens with zero attached hydrogens (tertiary/aromatic N) is 6. The zero-order valence-electron chi connectivity index (χ0n) is 15.3. The molecule has 6 nitrogen and oxygen atoms in total. The molecule has 1 aromatic carbocycles. The highest BCUT2D eigenvalue weighted by atomic mass is 32.1. The first-order chi connectivity index (χ1) is 13.0. The molecule has 3 aromatic rings. The topological polar surface area (TPSA) is 61.4 Å². The monoisotopic (exact) mass is 374 g/mol. The molecule has 0 saturated heterocycles. The van der Waals surface area contributed by atoms with Gasteiger partial charge in [0.25, 0.3) is 0 Å². The van der Waals surface area contributed by atoms with E-state index in [0.29, 0.717) is 0 Å². The summed E-state index contributed by atoms with van der Waals surface area (Å²) >= 11 is 1.73. The highest BCUT2D eigenvalue weighted by molar-refractivity contribution is 7.18. The van der Waals surface area contributed by atoms with Crippen LogP contribution in [-0.2, 0) is 13.6 Å². The average Bonchev–Trinajstić information content (AvgIpc) is 3.30. The smallest absolute Gasteiger partial charge is 0.164 e. The summed E-state index contributed by atoms with van der Waals surface area (Å²) in [5.74, 6) is 0.726. The molecule has 0 N–H and O–H groups in total. The van der Waals surface area contributed by atoms with Crippen molar-refractivity contribution in [3.63, 3.8) is 0 Å². The quantitative estimate of drug-likeness (QED) is 0.478. The lowest BCUT2D eigenvalue weighted by Crippen LogP contribution is -2.00. The molecule has 0 amide bonds. The summed E-state index contributed by atoms with van der Waals surface area (Å²) in [7, 11) is 1.91. The summed E-state index contributed by atoms with van der Waals surface area (Å²) in [4.78, 5) is 14.1. The van der Waals surface area contributed by atoms with Gasteiger partial charge in [0, 0.05) is 25.6 Å². The molecule has 0 bridgehead atoms. The molecule has 134 valence electrons. The molecule has 0 saturated carbocycles. The van der Waals surface area contributed by atoms with Crippen LogP contribution in [0.3, 0.4) is 0 Å². The molecule has 2 aromatic heterocycles. The van der Waals surface area contributed by atoms with Crippen LogP contribution in [0.15, 0.2) is 42.9 Å². The van der Waals surface area contributed by atoms with Crippen molar-refractivity contribution in [1.29, 1.82) is 0 Å². The number of fused-ring (bicyclic) bond motifs is 2. The van der Waals surface area contributed by atoms with E-state index in [1.165, 1.54) is 10.3 Å². The van der Waals surface area contributed by atoms with Crippen molar-refractivity contribution < 1.29 is 0 Å². The molecule has 0 atom stereocenters. The third kappa shape index (κ3) is 2.90. The van der Waals surface area contributed by atoms with Crippen molar-refractivity contribution >= 4 is 21.6 Å². The normalized spacial score (nSPS) is 11.7. The van der Waals surface area contributed by atoms with Crippen LogP contribution in [0, 0.1) is 13.8 Å². The van der Waals surface area contributed by atoms with E-state index in [0.717, 1.165) is 45.5 Å². The van der Waals surface area contributed by atoms with E-state index in [1.807, 2.05) is 38.6 Å². The zero-order chi connectivity index (χ0) is 18.5. The number of rotatable bonds is 3. The van der Waals surface area contributed by atoms with E-state index in [-0.39, 0.29) is 0 Å². The number of aryl methyl sites for hydroxylation is 3. The maximum absolute atomic E-state index is 4.77. The Hall–Kier alpha value is -3.06. The first-order valence-corrected chi connectivity index (χ1v) is 9.57. The van der Waals surface area contributed by atoms with Gasteiger partial charge in [-0.05, 0) is 37.6 Å².